The number of aliphatic carboxylic acids is 1. The molecule has 2 atom stereocenters. The topological polar surface area (TPSA) is 179 Å². The molecular weight excluding hydrogens is 538 g/mol. The number of nitrogens with one attached hydrogen (secondary N) is 3. The maximum atomic E-state index is 12.5. The van der Waals surface area contributed by atoms with Gasteiger partial charge in [-0.2, -0.15) is 0 Å². The largest absolute Gasteiger partial charge is 0.480 e. The summed E-state index contributed by atoms with van der Waals surface area (Å²) in [6.07, 6.45) is -0.645. The molecule has 0 aliphatic rings. The van der Waals surface area contributed by atoms with Crippen LogP contribution in [-0.2, 0) is 30.2 Å². The molecule has 13 nitrogen and oxygen atoms in total. The van der Waals surface area contributed by atoms with Crippen molar-refractivity contribution in [1.29, 1.82) is 0 Å². The van der Waals surface area contributed by atoms with Crippen molar-refractivity contribution in [3.63, 3.8) is 0 Å². The molecule has 0 saturated heterocycles. The number of carboxylic acid groups (broad SMARTS) is 1. The number of alkyl carbamates (subject to hydrolysis) is 2. The molecule has 0 bridgehead atoms. The fourth-order valence-electron chi connectivity index (χ4n) is 3.16. The summed E-state index contributed by atoms with van der Waals surface area (Å²) in [6.45, 7) is 13.8. The number of hydrogen-bond donors (Lipinski definition) is 4. The van der Waals surface area contributed by atoms with Gasteiger partial charge in [0.25, 0.3) is 0 Å². The van der Waals surface area contributed by atoms with Crippen molar-refractivity contribution >= 4 is 30.2 Å². The van der Waals surface area contributed by atoms with Gasteiger partial charge in [0.15, 0.2) is 0 Å². The van der Waals surface area contributed by atoms with Gasteiger partial charge in [-0.25, -0.2) is 24.0 Å². The molecule has 1 aromatic carbocycles. The van der Waals surface area contributed by atoms with Gasteiger partial charge in [-0.15, -0.1) is 0 Å². The molecule has 228 valence electrons. The fraction of sp³-hybridized carbons (Fsp3) is 0.536. The predicted octanol–water partition coefficient (Wildman–Crippen LogP) is 3.70. The highest BCUT2D eigenvalue weighted by atomic mass is 16.6. The first-order valence-corrected chi connectivity index (χ1v) is 13.0. The van der Waals surface area contributed by atoms with Crippen LogP contribution in [0, 0.1) is 0 Å². The van der Waals surface area contributed by atoms with Gasteiger partial charge in [0.05, 0.1) is 0 Å². The molecule has 0 aliphatic carbocycles. The number of rotatable bonds is 13. The summed E-state index contributed by atoms with van der Waals surface area (Å²) in [7, 11) is 0. The SMILES string of the molecule is C=CCOC(=O)[C@H](Cc1ccc(OC(=O)N[C@@H](CCCNC(=O)OC(C)(C)C)C(=O)O)cc1)NC(=O)OC(C)(C)C. The molecule has 0 fully saturated rings. The average molecular weight is 580 g/mol. The van der Waals surface area contributed by atoms with Crippen LogP contribution < -0.4 is 20.7 Å². The van der Waals surface area contributed by atoms with Crippen LogP contribution in [0.15, 0.2) is 36.9 Å². The Bertz CT molecular complexity index is 1060. The van der Waals surface area contributed by atoms with Crippen molar-refractivity contribution in [3.05, 3.63) is 42.5 Å². The molecule has 0 aliphatic heterocycles. The number of carbonyl (C=O) groups excluding carboxylic acids is 4. The van der Waals surface area contributed by atoms with Gasteiger partial charge in [-0.1, -0.05) is 24.8 Å². The summed E-state index contributed by atoms with van der Waals surface area (Å²) in [6, 6.07) is 3.75. The first-order valence-electron chi connectivity index (χ1n) is 13.0. The number of amides is 3. The third-order valence-corrected chi connectivity index (χ3v) is 4.82. The highest BCUT2D eigenvalue weighted by Gasteiger charge is 2.26. The lowest BCUT2D eigenvalue weighted by atomic mass is 10.1. The highest BCUT2D eigenvalue weighted by molar-refractivity contribution is 5.82. The van der Waals surface area contributed by atoms with Crippen molar-refractivity contribution in [2.75, 3.05) is 13.2 Å². The van der Waals surface area contributed by atoms with Crippen molar-refractivity contribution in [2.45, 2.75) is 84.1 Å². The smallest absolute Gasteiger partial charge is 0.413 e. The molecule has 1 rings (SSSR count). The minimum Gasteiger partial charge on any atom is -0.480 e. The predicted molar refractivity (Wildman–Crippen MR) is 149 cm³/mol. The van der Waals surface area contributed by atoms with Crippen LogP contribution in [0.3, 0.4) is 0 Å². The lowest BCUT2D eigenvalue weighted by molar-refractivity contribution is -0.145. The highest BCUT2D eigenvalue weighted by Crippen LogP contribution is 2.15. The quantitative estimate of drug-likeness (QED) is 0.117. The standard InChI is InChI=1S/C28H41N3O10/c1-8-16-38-23(34)21(31-26(37)41-28(5,6)7)17-18-11-13-19(14-12-18)39-25(36)30-20(22(32)33)10-9-15-29-24(35)40-27(2,3)4/h8,11-14,20-21H,1,9-10,15-17H2,2-7H3,(H,29,35)(H,30,36)(H,31,37)(H,32,33)/t20-,21-/m0/s1. The summed E-state index contributed by atoms with van der Waals surface area (Å²) >= 11 is 0. The average Bonchev–Trinajstić information content (AvgIpc) is 2.82. The van der Waals surface area contributed by atoms with Gasteiger partial charge in [0, 0.05) is 13.0 Å². The van der Waals surface area contributed by atoms with E-state index in [0.29, 0.717) is 5.56 Å². The molecule has 41 heavy (non-hydrogen) atoms. The minimum atomic E-state index is -1.26. The Labute approximate surface area is 239 Å². The zero-order chi connectivity index (χ0) is 31.2. The van der Waals surface area contributed by atoms with E-state index in [-0.39, 0.29) is 38.2 Å². The summed E-state index contributed by atoms with van der Waals surface area (Å²) < 4.78 is 20.6. The lowest BCUT2D eigenvalue weighted by Crippen LogP contribution is -2.45. The lowest BCUT2D eigenvalue weighted by Gasteiger charge is -2.23. The van der Waals surface area contributed by atoms with Crippen molar-refractivity contribution in [3.8, 4) is 5.75 Å². The van der Waals surface area contributed by atoms with E-state index in [4.69, 9.17) is 18.9 Å². The number of esters is 1. The first kappa shape index (κ1) is 34.7. The third kappa shape index (κ3) is 15.8. The second-order valence-electron chi connectivity index (χ2n) is 11.0. The van der Waals surface area contributed by atoms with Crippen LogP contribution in [0.25, 0.3) is 0 Å². The third-order valence-electron chi connectivity index (χ3n) is 4.82. The summed E-state index contributed by atoms with van der Waals surface area (Å²) in [4.78, 5) is 60.2. The van der Waals surface area contributed by atoms with Crippen LogP contribution in [0.4, 0.5) is 14.4 Å². The molecule has 0 unspecified atom stereocenters. The zero-order valence-electron chi connectivity index (χ0n) is 24.4. The Kier molecular flexibility index (Phi) is 13.6. The Morgan fingerprint density at radius 1 is 0.878 bits per heavy atom. The monoisotopic (exact) mass is 579 g/mol. The van der Waals surface area contributed by atoms with E-state index in [1.165, 1.54) is 18.2 Å². The second kappa shape index (κ2) is 16.1. The van der Waals surface area contributed by atoms with Crippen molar-refractivity contribution in [2.24, 2.45) is 0 Å². The van der Waals surface area contributed by atoms with Gasteiger partial charge < -0.3 is 40.0 Å². The van der Waals surface area contributed by atoms with E-state index in [9.17, 15) is 29.1 Å². The normalized spacial score (nSPS) is 12.6. The number of benzene rings is 1. The second-order valence-corrected chi connectivity index (χ2v) is 11.0. The summed E-state index contributed by atoms with van der Waals surface area (Å²) in [5.74, 6) is -1.83. The number of ether oxygens (including phenoxy) is 4. The molecule has 0 spiro atoms. The molecule has 0 radical (unpaired) electrons. The Balaban J connectivity index is 2.70. The van der Waals surface area contributed by atoms with Gasteiger partial charge in [0.2, 0.25) is 0 Å². The molecule has 13 heteroatoms. The van der Waals surface area contributed by atoms with E-state index >= 15 is 0 Å². The summed E-state index contributed by atoms with van der Waals surface area (Å²) in [5, 5.41) is 16.7. The van der Waals surface area contributed by atoms with Gasteiger partial charge in [-0.05, 0) is 72.1 Å². The molecule has 3 amide bonds. The maximum absolute atomic E-state index is 12.5. The van der Waals surface area contributed by atoms with Crippen molar-refractivity contribution < 1.29 is 48.0 Å². The van der Waals surface area contributed by atoms with E-state index in [2.05, 4.69) is 22.5 Å². The Morgan fingerprint density at radius 2 is 1.44 bits per heavy atom. The minimum absolute atomic E-state index is 0.0349. The number of carboxylic acids is 1. The van der Waals surface area contributed by atoms with E-state index in [1.807, 2.05) is 0 Å². The van der Waals surface area contributed by atoms with E-state index in [1.54, 1.807) is 53.7 Å². The maximum Gasteiger partial charge on any atom is 0.413 e. The van der Waals surface area contributed by atoms with Gasteiger partial charge >= 0.3 is 30.2 Å². The molecule has 0 saturated carbocycles. The Morgan fingerprint density at radius 3 is 1.98 bits per heavy atom. The number of carbonyl (C=O) groups is 5. The molecule has 4 N–H and O–H groups in total. The van der Waals surface area contributed by atoms with Crippen LogP contribution in [-0.4, -0.2) is 71.8 Å². The molecule has 1 aromatic rings. The van der Waals surface area contributed by atoms with Crippen LogP contribution in [0.2, 0.25) is 0 Å². The van der Waals surface area contributed by atoms with E-state index < -0.39 is 53.5 Å². The molecule has 0 heterocycles. The van der Waals surface area contributed by atoms with Crippen LogP contribution in [0.1, 0.15) is 59.9 Å². The Hall–Kier alpha value is -4.29. The van der Waals surface area contributed by atoms with Crippen LogP contribution >= 0.6 is 0 Å². The van der Waals surface area contributed by atoms with Crippen LogP contribution in [0.5, 0.6) is 5.75 Å². The van der Waals surface area contributed by atoms with Gasteiger partial charge in [-0.3, -0.25) is 0 Å². The number of hydrogen-bond acceptors (Lipinski definition) is 9. The summed E-state index contributed by atoms with van der Waals surface area (Å²) in [5.41, 5.74) is -0.821. The van der Waals surface area contributed by atoms with Gasteiger partial charge in [0.1, 0.15) is 35.6 Å². The fourth-order valence-corrected chi connectivity index (χ4v) is 3.16. The van der Waals surface area contributed by atoms with Crippen molar-refractivity contribution in [1.82, 2.24) is 16.0 Å². The first-order chi connectivity index (χ1) is 19.0. The molecular formula is C28H41N3O10. The zero-order valence-corrected chi connectivity index (χ0v) is 24.4. The molecule has 0 aromatic heterocycles. The van der Waals surface area contributed by atoms with E-state index in [0.717, 1.165) is 0 Å².